The van der Waals surface area contributed by atoms with Gasteiger partial charge >= 0.3 is 0 Å². The summed E-state index contributed by atoms with van der Waals surface area (Å²) in [5.41, 5.74) is 8.59. The molecule has 2 rings (SSSR count). The van der Waals surface area contributed by atoms with Crippen molar-refractivity contribution in [2.24, 2.45) is 5.73 Å². The first-order valence-corrected chi connectivity index (χ1v) is 6.09. The van der Waals surface area contributed by atoms with Gasteiger partial charge in [-0.2, -0.15) is 0 Å². The quantitative estimate of drug-likeness (QED) is 0.870. The standard InChI is InChI=1S/C14H19N3O/c1-9(2)14-16-11(8-15)13(17-14)10-6-4-5-7-12(10)18-3/h4-7,9H,8,15H2,1-3H3,(H,16,17). The third kappa shape index (κ3) is 2.24. The van der Waals surface area contributed by atoms with Gasteiger partial charge in [0.25, 0.3) is 0 Å². The SMILES string of the molecule is COc1ccccc1-c1nc(C(C)C)[nH]c1CN. The number of para-hydroxylation sites is 1. The highest BCUT2D eigenvalue weighted by molar-refractivity contribution is 5.69. The molecule has 1 aromatic heterocycles. The highest BCUT2D eigenvalue weighted by Gasteiger charge is 2.15. The molecule has 0 saturated heterocycles. The summed E-state index contributed by atoms with van der Waals surface area (Å²) in [4.78, 5) is 7.93. The minimum atomic E-state index is 0.346. The molecule has 2 aromatic rings. The number of methoxy groups -OCH3 is 1. The van der Waals surface area contributed by atoms with Crippen LogP contribution in [0.1, 0.15) is 31.3 Å². The third-order valence-electron chi connectivity index (χ3n) is 2.91. The molecule has 0 unspecified atom stereocenters. The van der Waals surface area contributed by atoms with Gasteiger partial charge in [-0.15, -0.1) is 0 Å². The first-order valence-electron chi connectivity index (χ1n) is 6.09. The molecule has 18 heavy (non-hydrogen) atoms. The third-order valence-corrected chi connectivity index (χ3v) is 2.91. The summed E-state index contributed by atoms with van der Waals surface area (Å²) in [7, 11) is 1.66. The number of aromatic amines is 1. The molecule has 0 aliphatic heterocycles. The Bertz CT molecular complexity index is 532. The van der Waals surface area contributed by atoms with Crippen molar-refractivity contribution in [3.63, 3.8) is 0 Å². The summed E-state index contributed by atoms with van der Waals surface area (Å²) in [6, 6.07) is 7.85. The van der Waals surface area contributed by atoms with Crippen molar-refractivity contribution in [3.05, 3.63) is 35.8 Å². The van der Waals surface area contributed by atoms with Crippen LogP contribution in [-0.2, 0) is 6.54 Å². The Hall–Kier alpha value is -1.81. The van der Waals surface area contributed by atoms with Crippen molar-refractivity contribution in [1.29, 1.82) is 0 Å². The largest absolute Gasteiger partial charge is 0.496 e. The van der Waals surface area contributed by atoms with Crippen LogP contribution in [0.25, 0.3) is 11.3 Å². The number of H-pyrrole nitrogens is 1. The number of hydrogen-bond donors (Lipinski definition) is 2. The molecule has 0 spiro atoms. The number of imidazole rings is 1. The first kappa shape index (κ1) is 12.6. The fourth-order valence-electron chi connectivity index (χ4n) is 1.91. The Morgan fingerprint density at radius 2 is 2.06 bits per heavy atom. The van der Waals surface area contributed by atoms with E-state index in [9.17, 15) is 0 Å². The maximum Gasteiger partial charge on any atom is 0.128 e. The van der Waals surface area contributed by atoms with Gasteiger partial charge < -0.3 is 15.5 Å². The van der Waals surface area contributed by atoms with Gasteiger partial charge in [-0.05, 0) is 12.1 Å². The van der Waals surface area contributed by atoms with E-state index in [1.165, 1.54) is 0 Å². The second-order valence-corrected chi connectivity index (χ2v) is 4.51. The molecule has 0 aliphatic carbocycles. The molecule has 3 N–H and O–H groups in total. The van der Waals surface area contributed by atoms with Crippen LogP contribution in [-0.4, -0.2) is 17.1 Å². The lowest BCUT2D eigenvalue weighted by molar-refractivity contribution is 0.416. The molecule has 1 aromatic carbocycles. The van der Waals surface area contributed by atoms with Gasteiger partial charge in [0.05, 0.1) is 18.5 Å². The number of aromatic nitrogens is 2. The summed E-state index contributed by atoms with van der Waals surface area (Å²) >= 11 is 0. The number of nitrogens with zero attached hydrogens (tertiary/aromatic N) is 1. The van der Waals surface area contributed by atoms with E-state index in [2.05, 4.69) is 23.8 Å². The van der Waals surface area contributed by atoms with E-state index in [4.69, 9.17) is 10.5 Å². The number of rotatable bonds is 4. The molecule has 0 radical (unpaired) electrons. The molecular formula is C14H19N3O. The molecule has 0 amide bonds. The van der Waals surface area contributed by atoms with E-state index in [0.29, 0.717) is 12.5 Å². The lowest BCUT2D eigenvalue weighted by atomic mass is 10.1. The van der Waals surface area contributed by atoms with Crippen molar-refractivity contribution in [3.8, 4) is 17.0 Å². The van der Waals surface area contributed by atoms with Gasteiger partial charge in [-0.1, -0.05) is 26.0 Å². The lowest BCUT2D eigenvalue weighted by Crippen LogP contribution is -1.99. The molecule has 96 valence electrons. The van der Waals surface area contributed by atoms with Gasteiger partial charge in [0.1, 0.15) is 11.6 Å². The summed E-state index contributed by atoms with van der Waals surface area (Å²) in [6.07, 6.45) is 0. The zero-order chi connectivity index (χ0) is 13.1. The number of nitrogens with one attached hydrogen (secondary N) is 1. The molecule has 0 saturated carbocycles. The van der Waals surface area contributed by atoms with Crippen LogP contribution in [0.4, 0.5) is 0 Å². The summed E-state index contributed by atoms with van der Waals surface area (Å²) in [5, 5.41) is 0. The molecule has 0 aliphatic rings. The second kappa shape index (κ2) is 5.23. The Morgan fingerprint density at radius 3 is 2.67 bits per heavy atom. The topological polar surface area (TPSA) is 63.9 Å². The zero-order valence-electron chi connectivity index (χ0n) is 11.0. The fourth-order valence-corrected chi connectivity index (χ4v) is 1.91. The highest BCUT2D eigenvalue weighted by atomic mass is 16.5. The molecule has 0 atom stereocenters. The van der Waals surface area contributed by atoms with Crippen LogP contribution in [0.3, 0.4) is 0 Å². The van der Waals surface area contributed by atoms with Crippen molar-refractivity contribution in [2.45, 2.75) is 26.3 Å². The zero-order valence-corrected chi connectivity index (χ0v) is 11.0. The second-order valence-electron chi connectivity index (χ2n) is 4.51. The monoisotopic (exact) mass is 245 g/mol. The summed E-state index contributed by atoms with van der Waals surface area (Å²) in [6.45, 7) is 4.64. The van der Waals surface area contributed by atoms with Crippen LogP contribution >= 0.6 is 0 Å². The normalized spacial score (nSPS) is 10.9. The molecule has 0 bridgehead atoms. The predicted molar refractivity (Wildman–Crippen MR) is 72.6 cm³/mol. The van der Waals surface area contributed by atoms with Crippen LogP contribution in [0.5, 0.6) is 5.75 Å². The number of nitrogens with two attached hydrogens (primary N) is 1. The van der Waals surface area contributed by atoms with E-state index in [0.717, 1.165) is 28.5 Å². The first-order chi connectivity index (χ1) is 8.67. The van der Waals surface area contributed by atoms with Crippen molar-refractivity contribution >= 4 is 0 Å². The number of ether oxygens (including phenoxy) is 1. The predicted octanol–water partition coefficient (Wildman–Crippen LogP) is 2.67. The van der Waals surface area contributed by atoms with Crippen LogP contribution in [0, 0.1) is 0 Å². The van der Waals surface area contributed by atoms with E-state index >= 15 is 0 Å². The molecule has 4 heteroatoms. The van der Waals surface area contributed by atoms with E-state index in [1.54, 1.807) is 7.11 Å². The Morgan fingerprint density at radius 1 is 1.33 bits per heavy atom. The van der Waals surface area contributed by atoms with Crippen molar-refractivity contribution in [2.75, 3.05) is 7.11 Å². The highest BCUT2D eigenvalue weighted by Crippen LogP contribution is 2.31. The van der Waals surface area contributed by atoms with Crippen LogP contribution in [0.15, 0.2) is 24.3 Å². The smallest absolute Gasteiger partial charge is 0.128 e. The van der Waals surface area contributed by atoms with Gasteiger partial charge in [0.2, 0.25) is 0 Å². The van der Waals surface area contributed by atoms with Crippen molar-refractivity contribution < 1.29 is 4.74 Å². The number of hydrogen-bond acceptors (Lipinski definition) is 3. The molecule has 1 heterocycles. The molecule has 0 fully saturated rings. The fraction of sp³-hybridized carbons (Fsp3) is 0.357. The Balaban J connectivity index is 2.55. The average molecular weight is 245 g/mol. The van der Waals surface area contributed by atoms with Gasteiger partial charge in [0.15, 0.2) is 0 Å². The van der Waals surface area contributed by atoms with E-state index in [1.807, 2.05) is 24.3 Å². The minimum absolute atomic E-state index is 0.346. The Kier molecular flexibility index (Phi) is 3.67. The van der Waals surface area contributed by atoms with Gasteiger partial charge in [-0.25, -0.2) is 4.98 Å². The van der Waals surface area contributed by atoms with Gasteiger partial charge in [-0.3, -0.25) is 0 Å². The molecular weight excluding hydrogens is 226 g/mol. The minimum Gasteiger partial charge on any atom is -0.496 e. The van der Waals surface area contributed by atoms with Crippen LogP contribution in [0.2, 0.25) is 0 Å². The average Bonchev–Trinajstić information content (AvgIpc) is 2.82. The van der Waals surface area contributed by atoms with E-state index < -0.39 is 0 Å². The number of benzene rings is 1. The van der Waals surface area contributed by atoms with Gasteiger partial charge in [0, 0.05) is 18.0 Å². The van der Waals surface area contributed by atoms with E-state index in [-0.39, 0.29) is 0 Å². The molecule has 4 nitrogen and oxygen atoms in total. The van der Waals surface area contributed by atoms with Crippen molar-refractivity contribution in [1.82, 2.24) is 9.97 Å². The maximum atomic E-state index is 5.78. The summed E-state index contributed by atoms with van der Waals surface area (Å²) < 4.78 is 5.37. The maximum absolute atomic E-state index is 5.78. The van der Waals surface area contributed by atoms with Crippen LogP contribution < -0.4 is 10.5 Å². The lowest BCUT2D eigenvalue weighted by Gasteiger charge is -2.06. The summed E-state index contributed by atoms with van der Waals surface area (Å²) in [5.74, 6) is 2.11. The Labute approximate surface area is 107 Å².